The molecule has 1 saturated heterocycles. The fourth-order valence-electron chi connectivity index (χ4n) is 4.57. The summed E-state index contributed by atoms with van der Waals surface area (Å²) in [5, 5.41) is 0.919. The maximum absolute atomic E-state index is 13.1. The number of aromatic amines is 2. The second-order valence-corrected chi connectivity index (χ2v) is 7.82. The van der Waals surface area contributed by atoms with E-state index in [9.17, 15) is 9.59 Å². The Hall–Kier alpha value is -3.68. The van der Waals surface area contributed by atoms with Crippen LogP contribution in [0.25, 0.3) is 21.9 Å². The van der Waals surface area contributed by atoms with Crippen LogP contribution in [0.4, 0.5) is 0 Å². The molecule has 1 amide bonds. The van der Waals surface area contributed by atoms with Crippen LogP contribution >= 0.6 is 0 Å². The van der Waals surface area contributed by atoms with Crippen LogP contribution in [0, 0.1) is 0 Å². The predicted molar refractivity (Wildman–Crippen MR) is 111 cm³/mol. The number of nitrogens with one attached hydrogen (secondary N) is 2. The number of ether oxygens (including phenoxy) is 2. The third-order valence-corrected chi connectivity index (χ3v) is 6.09. The molecule has 2 N–H and O–H groups in total. The number of carbonyl (C=O) groups excluding carboxylic acids is 1. The Morgan fingerprint density at radius 3 is 2.57 bits per heavy atom. The molecule has 2 aliphatic rings. The summed E-state index contributed by atoms with van der Waals surface area (Å²) in [5.41, 5.74) is 3.08. The molecule has 30 heavy (non-hydrogen) atoms. The number of fused-ring (bicyclic) bond motifs is 3. The highest BCUT2D eigenvalue weighted by atomic mass is 16.7. The smallest absolute Gasteiger partial charge is 0.326 e. The number of nitrogens with zero attached hydrogens (tertiary/aromatic N) is 2. The van der Waals surface area contributed by atoms with Gasteiger partial charge in [-0.25, -0.2) is 4.79 Å². The van der Waals surface area contributed by atoms with Crippen LogP contribution in [-0.4, -0.2) is 45.2 Å². The Bertz CT molecular complexity index is 1300. The van der Waals surface area contributed by atoms with Crippen LogP contribution in [-0.2, 0) is 0 Å². The van der Waals surface area contributed by atoms with Gasteiger partial charge in [0, 0.05) is 36.1 Å². The van der Waals surface area contributed by atoms with E-state index in [0.717, 1.165) is 34.8 Å². The quantitative estimate of drug-likeness (QED) is 0.537. The highest BCUT2D eigenvalue weighted by Gasteiger charge is 2.27. The number of para-hydroxylation sites is 2. The van der Waals surface area contributed by atoms with E-state index in [4.69, 9.17) is 9.47 Å². The van der Waals surface area contributed by atoms with Crippen LogP contribution < -0.4 is 15.2 Å². The second-order valence-electron chi connectivity index (χ2n) is 7.82. The number of carbonyl (C=O) groups is 1. The maximum Gasteiger partial charge on any atom is 0.326 e. The molecule has 2 aliphatic heterocycles. The van der Waals surface area contributed by atoms with E-state index < -0.39 is 0 Å². The molecular weight excluding hydrogens is 384 g/mol. The highest BCUT2D eigenvalue weighted by molar-refractivity contribution is 5.98. The van der Waals surface area contributed by atoms with E-state index in [1.165, 1.54) is 0 Å². The third-order valence-electron chi connectivity index (χ3n) is 6.09. The minimum absolute atomic E-state index is 0.0297. The molecule has 6 rings (SSSR count). The minimum atomic E-state index is -0.0888. The van der Waals surface area contributed by atoms with E-state index in [2.05, 4.69) is 9.97 Å². The zero-order valence-corrected chi connectivity index (χ0v) is 16.2. The van der Waals surface area contributed by atoms with Gasteiger partial charge in [-0.1, -0.05) is 12.1 Å². The van der Waals surface area contributed by atoms with Crippen LogP contribution in [0.2, 0.25) is 0 Å². The van der Waals surface area contributed by atoms with Crippen LogP contribution in [0.5, 0.6) is 11.5 Å². The van der Waals surface area contributed by atoms with Gasteiger partial charge in [0.2, 0.25) is 6.79 Å². The molecule has 2 aromatic heterocycles. The van der Waals surface area contributed by atoms with Crippen molar-refractivity contribution in [2.45, 2.75) is 18.9 Å². The molecule has 0 aliphatic carbocycles. The molecule has 0 atom stereocenters. The van der Waals surface area contributed by atoms with Crippen molar-refractivity contribution in [2.24, 2.45) is 0 Å². The standard InChI is InChI=1S/C22H20N4O4/c27-21(17-9-13-10-19-20(30-12-29-19)11-16(13)23-17)25-7-5-14(6-8-25)26-18-4-2-1-3-15(18)24-22(26)28/h1-4,9-11,14,23H,5-8,12H2,(H,24,28). The molecule has 8 nitrogen and oxygen atoms in total. The SMILES string of the molecule is O=C(c1cc2cc3c(cc2[nH]1)OCO3)N1CCC(n2c(=O)[nH]c3ccccc32)CC1. The van der Waals surface area contributed by atoms with Gasteiger partial charge in [-0.15, -0.1) is 0 Å². The van der Waals surface area contributed by atoms with Crippen LogP contribution in [0.1, 0.15) is 29.4 Å². The van der Waals surface area contributed by atoms with E-state index in [1.54, 1.807) is 0 Å². The summed E-state index contributed by atoms with van der Waals surface area (Å²) in [5.74, 6) is 1.36. The van der Waals surface area contributed by atoms with Crippen molar-refractivity contribution >= 4 is 27.8 Å². The number of amides is 1. The van der Waals surface area contributed by atoms with Gasteiger partial charge in [0.05, 0.1) is 11.0 Å². The summed E-state index contributed by atoms with van der Waals surface area (Å²) in [4.78, 5) is 33.5. The van der Waals surface area contributed by atoms with Gasteiger partial charge < -0.3 is 24.3 Å². The first-order chi connectivity index (χ1) is 14.7. The summed E-state index contributed by atoms with van der Waals surface area (Å²) in [7, 11) is 0. The number of hydrogen-bond donors (Lipinski definition) is 2. The van der Waals surface area contributed by atoms with E-state index in [-0.39, 0.29) is 24.4 Å². The number of hydrogen-bond acceptors (Lipinski definition) is 4. The lowest BCUT2D eigenvalue weighted by atomic mass is 10.0. The lowest BCUT2D eigenvalue weighted by Crippen LogP contribution is -2.40. The Balaban J connectivity index is 1.22. The molecule has 0 spiro atoms. The number of imidazole rings is 1. The van der Waals surface area contributed by atoms with Gasteiger partial charge in [-0.3, -0.25) is 9.36 Å². The normalized spacial score (nSPS) is 16.6. The number of rotatable bonds is 2. The number of piperidine rings is 1. The van der Waals surface area contributed by atoms with Gasteiger partial charge in [0.1, 0.15) is 5.69 Å². The van der Waals surface area contributed by atoms with Gasteiger partial charge >= 0.3 is 5.69 Å². The lowest BCUT2D eigenvalue weighted by molar-refractivity contribution is 0.0690. The molecule has 4 aromatic rings. The summed E-state index contributed by atoms with van der Waals surface area (Å²) in [6.45, 7) is 1.43. The zero-order valence-electron chi connectivity index (χ0n) is 16.2. The molecule has 8 heteroatoms. The fourth-order valence-corrected chi connectivity index (χ4v) is 4.57. The topological polar surface area (TPSA) is 92.3 Å². The van der Waals surface area contributed by atoms with E-state index in [1.807, 2.05) is 51.9 Å². The summed E-state index contributed by atoms with van der Waals surface area (Å²) in [6.07, 6.45) is 1.48. The van der Waals surface area contributed by atoms with Gasteiger partial charge in [0.25, 0.3) is 5.91 Å². The van der Waals surface area contributed by atoms with Gasteiger partial charge in [-0.2, -0.15) is 0 Å². The Labute approximate surface area is 171 Å². The van der Waals surface area contributed by atoms with Gasteiger partial charge in [0.15, 0.2) is 11.5 Å². The van der Waals surface area contributed by atoms with Crippen molar-refractivity contribution in [2.75, 3.05) is 19.9 Å². The van der Waals surface area contributed by atoms with Crippen molar-refractivity contribution in [3.8, 4) is 11.5 Å². The summed E-state index contributed by atoms with van der Waals surface area (Å²) >= 11 is 0. The predicted octanol–water partition coefficient (Wildman–Crippen LogP) is 3.02. The first kappa shape index (κ1) is 17.2. The molecule has 0 bridgehead atoms. The van der Waals surface area contributed by atoms with Crippen LogP contribution in [0.15, 0.2) is 47.3 Å². The van der Waals surface area contributed by atoms with Crippen LogP contribution in [0.3, 0.4) is 0 Å². The number of benzene rings is 2. The molecule has 0 radical (unpaired) electrons. The molecular formula is C22H20N4O4. The average molecular weight is 404 g/mol. The molecule has 0 saturated carbocycles. The van der Waals surface area contributed by atoms with Crippen molar-refractivity contribution in [1.29, 1.82) is 0 Å². The first-order valence-electron chi connectivity index (χ1n) is 10.1. The van der Waals surface area contributed by atoms with E-state index in [0.29, 0.717) is 30.3 Å². The first-order valence-corrected chi connectivity index (χ1v) is 10.1. The summed E-state index contributed by atoms with van der Waals surface area (Å²) in [6, 6.07) is 13.4. The molecule has 2 aromatic carbocycles. The third kappa shape index (κ3) is 2.60. The molecule has 0 unspecified atom stereocenters. The van der Waals surface area contributed by atoms with Crippen molar-refractivity contribution in [1.82, 2.24) is 19.4 Å². The van der Waals surface area contributed by atoms with E-state index >= 15 is 0 Å². The Morgan fingerprint density at radius 2 is 1.73 bits per heavy atom. The maximum atomic E-state index is 13.1. The molecule has 152 valence electrons. The largest absolute Gasteiger partial charge is 0.454 e. The Morgan fingerprint density at radius 1 is 0.967 bits per heavy atom. The Kier molecular flexibility index (Phi) is 3.68. The second kappa shape index (κ2) is 6.41. The fraction of sp³-hybridized carbons (Fsp3) is 0.273. The van der Waals surface area contributed by atoms with Crippen molar-refractivity contribution < 1.29 is 14.3 Å². The molecule has 1 fully saturated rings. The number of H-pyrrole nitrogens is 2. The van der Waals surface area contributed by atoms with Crippen molar-refractivity contribution in [3.63, 3.8) is 0 Å². The number of aromatic nitrogens is 3. The summed E-state index contributed by atoms with van der Waals surface area (Å²) < 4.78 is 12.7. The minimum Gasteiger partial charge on any atom is -0.454 e. The highest BCUT2D eigenvalue weighted by Crippen LogP contribution is 2.36. The average Bonchev–Trinajstić information content (AvgIpc) is 3.47. The molecule has 4 heterocycles. The van der Waals surface area contributed by atoms with Crippen molar-refractivity contribution in [3.05, 3.63) is 58.6 Å². The van der Waals surface area contributed by atoms with Gasteiger partial charge in [-0.05, 0) is 37.1 Å². The number of likely N-dealkylation sites (tertiary alicyclic amines) is 1. The monoisotopic (exact) mass is 404 g/mol. The lowest BCUT2D eigenvalue weighted by Gasteiger charge is -2.32. The zero-order chi connectivity index (χ0) is 20.2.